The van der Waals surface area contributed by atoms with Gasteiger partial charge in [0.25, 0.3) is 0 Å². The number of aryl methyl sites for hydroxylation is 1. The molecule has 0 radical (unpaired) electrons. The third kappa shape index (κ3) is 2.62. The fourth-order valence-corrected chi connectivity index (χ4v) is 2.52. The second-order valence-corrected chi connectivity index (χ2v) is 5.71. The van der Waals surface area contributed by atoms with E-state index in [1.54, 1.807) is 11.9 Å². The van der Waals surface area contributed by atoms with E-state index in [2.05, 4.69) is 10.4 Å². The molecule has 1 aliphatic heterocycles. The number of aromatic nitrogens is 2. The number of carbonyl (C=O) groups is 1. The van der Waals surface area contributed by atoms with Gasteiger partial charge >= 0.3 is 6.03 Å². The largest absolute Gasteiger partial charge is 0.324 e. The van der Waals surface area contributed by atoms with Crippen LogP contribution in [-0.4, -0.2) is 42.2 Å². The van der Waals surface area contributed by atoms with Gasteiger partial charge in [0, 0.05) is 26.3 Å². The minimum atomic E-state index is -3.90. The van der Waals surface area contributed by atoms with Crippen molar-refractivity contribution in [2.24, 2.45) is 12.2 Å². The summed E-state index contributed by atoms with van der Waals surface area (Å²) in [4.78, 5) is 13.3. The van der Waals surface area contributed by atoms with Gasteiger partial charge in [-0.25, -0.2) is 18.4 Å². The number of hydrogen-bond acceptors (Lipinski definition) is 4. The van der Waals surface area contributed by atoms with E-state index < -0.39 is 10.0 Å². The highest BCUT2D eigenvalue weighted by Crippen LogP contribution is 2.18. The molecule has 1 fully saturated rings. The Morgan fingerprint density at radius 1 is 1.44 bits per heavy atom. The summed E-state index contributed by atoms with van der Waals surface area (Å²) in [6, 6.07) is -0.351. The van der Waals surface area contributed by atoms with Gasteiger partial charge in [0.05, 0.1) is 0 Å². The number of hydrogen-bond donors (Lipinski definition) is 2. The van der Waals surface area contributed by atoms with Crippen molar-refractivity contribution in [3.05, 3.63) is 6.20 Å². The van der Waals surface area contributed by atoms with Crippen LogP contribution < -0.4 is 10.5 Å². The zero-order valence-corrected chi connectivity index (χ0v) is 10.8. The minimum Gasteiger partial charge on any atom is -0.324 e. The first-order valence-electron chi connectivity index (χ1n) is 5.50. The van der Waals surface area contributed by atoms with Gasteiger partial charge in [0.15, 0.2) is 5.82 Å². The standard InChI is InChI=1S/C9H15N5O3S/c1-13-6-7(18(10,16)17)8(12-13)11-9(15)14-4-2-3-5-14/h6H,2-5H2,1H3,(H2,10,16,17)(H,11,12,15). The van der Waals surface area contributed by atoms with E-state index >= 15 is 0 Å². The van der Waals surface area contributed by atoms with Crippen molar-refractivity contribution in [1.29, 1.82) is 0 Å². The molecule has 1 saturated heterocycles. The molecule has 0 saturated carbocycles. The average Bonchev–Trinajstić information content (AvgIpc) is 2.85. The first-order chi connectivity index (χ1) is 8.38. The number of rotatable bonds is 2. The molecule has 3 N–H and O–H groups in total. The predicted octanol–water partition coefficient (Wildman–Crippen LogP) is -0.305. The highest BCUT2D eigenvalue weighted by atomic mass is 32.2. The quantitative estimate of drug-likeness (QED) is 0.770. The first kappa shape index (κ1) is 12.8. The maximum atomic E-state index is 11.8. The Morgan fingerprint density at radius 3 is 2.61 bits per heavy atom. The fraction of sp³-hybridized carbons (Fsp3) is 0.556. The molecule has 1 aromatic rings. The summed E-state index contributed by atoms with van der Waals surface area (Å²) in [5, 5.41) is 11.4. The Hall–Kier alpha value is -1.61. The number of nitrogens with zero attached hydrogens (tertiary/aromatic N) is 3. The van der Waals surface area contributed by atoms with Crippen LogP contribution in [0.4, 0.5) is 10.6 Å². The summed E-state index contributed by atoms with van der Waals surface area (Å²) in [6.07, 6.45) is 3.17. The van der Waals surface area contributed by atoms with Crippen LogP contribution in [0.3, 0.4) is 0 Å². The van der Waals surface area contributed by atoms with Gasteiger partial charge in [-0.3, -0.25) is 10.00 Å². The van der Waals surface area contributed by atoms with Gasteiger partial charge in [0.1, 0.15) is 4.90 Å². The molecule has 0 atom stereocenters. The third-order valence-electron chi connectivity index (χ3n) is 2.72. The number of primary sulfonamides is 1. The lowest BCUT2D eigenvalue weighted by Crippen LogP contribution is -2.32. The number of anilines is 1. The molecule has 8 nitrogen and oxygen atoms in total. The SMILES string of the molecule is Cn1cc(S(N)(=O)=O)c(NC(=O)N2CCCC2)n1. The topological polar surface area (TPSA) is 110 Å². The van der Waals surface area contributed by atoms with Gasteiger partial charge in [0.2, 0.25) is 10.0 Å². The van der Waals surface area contributed by atoms with Crippen molar-refractivity contribution in [3.8, 4) is 0 Å². The zero-order chi connectivity index (χ0) is 13.3. The molecule has 2 rings (SSSR count). The number of likely N-dealkylation sites (tertiary alicyclic amines) is 1. The van der Waals surface area contributed by atoms with E-state index in [9.17, 15) is 13.2 Å². The summed E-state index contributed by atoms with van der Waals surface area (Å²) in [6.45, 7) is 1.34. The minimum absolute atomic E-state index is 0.0306. The van der Waals surface area contributed by atoms with Gasteiger partial charge in [-0.15, -0.1) is 0 Å². The van der Waals surface area contributed by atoms with E-state index in [1.165, 1.54) is 10.9 Å². The third-order valence-corrected chi connectivity index (χ3v) is 3.63. The highest BCUT2D eigenvalue weighted by molar-refractivity contribution is 7.89. The average molecular weight is 273 g/mol. The maximum absolute atomic E-state index is 11.8. The van der Waals surface area contributed by atoms with Crippen LogP contribution in [-0.2, 0) is 17.1 Å². The summed E-state index contributed by atoms with van der Waals surface area (Å²) in [5.41, 5.74) is 0. The molecule has 0 bridgehead atoms. The molecule has 2 amide bonds. The molecule has 0 unspecified atom stereocenters. The lowest BCUT2D eigenvalue weighted by molar-refractivity contribution is 0.222. The number of urea groups is 1. The van der Waals surface area contributed by atoms with Crippen molar-refractivity contribution in [3.63, 3.8) is 0 Å². The zero-order valence-electron chi connectivity index (χ0n) is 9.96. The smallest absolute Gasteiger partial charge is 0.323 e. The van der Waals surface area contributed by atoms with Crippen molar-refractivity contribution in [2.45, 2.75) is 17.7 Å². The Balaban J connectivity index is 2.21. The van der Waals surface area contributed by atoms with Crippen LogP contribution >= 0.6 is 0 Å². The second-order valence-electron chi connectivity index (χ2n) is 4.18. The van der Waals surface area contributed by atoms with Gasteiger partial charge < -0.3 is 4.90 Å². The van der Waals surface area contributed by atoms with Crippen LogP contribution in [0.5, 0.6) is 0 Å². The van der Waals surface area contributed by atoms with Gasteiger partial charge in [-0.2, -0.15) is 5.10 Å². The van der Waals surface area contributed by atoms with E-state index in [1.807, 2.05) is 0 Å². The van der Waals surface area contributed by atoms with Crippen molar-refractivity contribution in [1.82, 2.24) is 14.7 Å². The molecule has 0 aliphatic carbocycles. The number of carbonyl (C=O) groups excluding carboxylic acids is 1. The number of nitrogens with one attached hydrogen (secondary N) is 1. The summed E-state index contributed by atoms with van der Waals surface area (Å²) >= 11 is 0. The molecular weight excluding hydrogens is 258 g/mol. The van der Waals surface area contributed by atoms with Crippen molar-refractivity contribution in [2.75, 3.05) is 18.4 Å². The van der Waals surface area contributed by atoms with E-state index in [-0.39, 0.29) is 16.7 Å². The number of nitrogens with two attached hydrogens (primary N) is 1. The van der Waals surface area contributed by atoms with Crippen LogP contribution in [0, 0.1) is 0 Å². The van der Waals surface area contributed by atoms with Gasteiger partial charge in [-0.1, -0.05) is 0 Å². The molecule has 100 valence electrons. The van der Waals surface area contributed by atoms with Gasteiger partial charge in [-0.05, 0) is 12.8 Å². The monoisotopic (exact) mass is 273 g/mol. The van der Waals surface area contributed by atoms with E-state index in [0.29, 0.717) is 13.1 Å². The molecule has 1 aliphatic rings. The molecule has 0 spiro atoms. The van der Waals surface area contributed by atoms with Crippen molar-refractivity contribution < 1.29 is 13.2 Å². The molecule has 2 heterocycles. The fourth-order valence-electron chi connectivity index (χ4n) is 1.86. The number of amides is 2. The van der Waals surface area contributed by atoms with Crippen LogP contribution in [0.15, 0.2) is 11.1 Å². The Labute approximate surface area is 105 Å². The summed E-state index contributed by atoms with van der Waals surface area (Å²) in [5.74, 6) is -0.0306. The summed E-state index contributed by atoms with van der Waals surface area (Å²) < 4.78 is 23.9. The van der Waals surface area contributed by atoms with Crippen LogP contribution in [0.25, 0.3) is 0 Å². The van der Waals surface area contributed by atoms with Crippen LogP contribution in [0.1, 0.15) is 12.8 Å². The van der Waals surface area contributed by atoms with Crippen molar-refractivity contribution >= 4 is 21.9 Å². The highest BCUT2D eigenvalue weighted by Gasteiger charge is 2.23. The van der Waals surface area contributed by atoms with E-state index in [4.69, 9.17) is 5.14 Å². The van der Waals surface area contributed by atoms with Crippen LogP contribution in [0.2, 0.25) is 0 Å². The number of sulfonamides is 1. The normalized spacial score (nSPS) is 16.0. The molecule has 1 aromatic heterocycles. The lowest BCUT2D eigenvalue weighted by Gasteiger charge is -2.15. The Morgan fingerprint density at radius 2 is 2.06 bits per heavy atom. The predicted molar refractivity (Wildman–Crippen MR) is 64.4 cm³/mol. The lowest BCUT2D eigenvalue weighted by atomic mass is 10.4. The molecule has 9 heteroatoms. The molecule has 18 heavy (non-hydrogen) atoms. The van der Waals surface area contributed by atoms with E-state index in [0.717, 1.165) is 12.8 Å². The second kappa shape index (κ2) is 4.58. The first-order valence-corrected chi connectivity index (χ1v) is 7.05. The molecular formula is C9H15N5O3S. The summed E-state index contributed by atoms with van der Waals surface area (Å²) in [7, 11) is -2.34. The Kier molecular flexibility index (Phi) is 3.26. The Bertz CT molecular complexity index is 559. The molecule has 0 aromatic carbocycles. The maximum Gasteiger partial charge on any atom is 0.323 e.